The first-order valence-corrected chi connectivity index (χ1v) is 12.4. The van der Waals surface area contributed by atoms with E-state index in [1.54, 1.807) is 11.0 Å². The predicted octanol–water partition coefficient (Wildman–Crippen LogP) is 6.21. The van der Waals surface area contributed by atoms with Gasteiger partial charge in [0.2, 0.25) is 5.76 Å². The van der Waals surface area contributed by atoms with Gasteiger partial charge in [0.25, 0.3) is 5.91 Å². The van der Waals surface area contributed by atoms with Crippen LogP contribution >= 0.6 is 0 Å². The first-order valence-electron chi connectivity index (χ1n) is 12.4. The average Bonchev–Trinajstić information content (AvgIpc) is 3.18. The number of aryl methyl sites for hydroxylation is 2. The Bertz CT molecular complexity index is 1500. The standard InChI is InChI=1S/C30H29NO5/c1-5-19-9-12-21(13-10-19)31-27(20-11-15-24(34-6-2)25(17-20)35-7-3)26-28(32)22-16-18(4)8-14-23(22)36-29(26)30(31)33/h8-17,27H,5-7H2,1-4H3. The van der Waals surface area contributed by atoms with Crippen LogP contribution < -0.4 is 19.8 Å². The Labute approximate surface area is 210 Å². The molecule has 0 bridgehead atoms. The molecule has 1 aromatic heterocycles. The van der Waals surface area contributed by atoms with Gasteiger partial charge in [-0.2, -0.15) is 0 Å². The van der Waals surface area contributed by atoms with E-state index in [0.717, 1.165) is 23.1 Å². The number of ether oxygens (including phenoxy) is 2. The van der Waals surface area contributed by atoms with Gasteiger partial charge in [-0.05, 0) is 74.7 Å². The van der Waals surface area contributed by atoms with Crippen molar-refractivity contribution in [1.82, 2.24) is 0 Å². The van der Waals surface area contributed by atoms with Gasteiger partial charge >= 0.3 is 0 Å². The highest BCUT2D eigenvalue weighted by molar-refractivity contribution is 6.10. The molecule has 0 spiro atoms. The summed E-state index contributed by atoms with van der Waals surface area (Å²) in [4.78, 5) is 29.3. The second-order valence-electron chi connectivity index (χ2n) is 8.84. The van der Waals surface area contributed by atoms with Gasteiger partial charge in [0.1, 0.15) is 5.58 Å². The molecule has 6 nitrogen and oxygen atoms in total. The molecular weight excluding hydrogens is 454 g/mol. The monoisotopic (exact) mass is 483 g/mol. The van der Waals surface area contributed by atoms with E-state index in [9.17, 15) is 9.59 Å². The quantitative estimate of drug-likeness (QED) is 0.313. The van der Waals surface area contributed by atoms with E-state index in [4.69, 9.17) is 13.9 Å². The Balaban J connectivity index is 1.76. The lowest BCUT2D eigenvalue weighted by atomic mass is 9.97. The number of hydrogen-bond acceptors (Lipinski definition) is 5. The van der Waals surface area contributed by atoms with Crippen LogP contribution in [0.2, 0.25) is 0 Å². The van der Waals surface area contributed by atoms with Crippen LogP contribution in [-0.4, -0.2) is 19.1 Å². The lowest BCUT2D eigenvalue weighted by Crippen LogP contribution is -2.29. The molecule has 6 heteroatoms. The number of carbonyl (C=O) groups is 1. The van der Waals surface area contributed by atoms with Crippen LogP contribution in [0.4, 0.5) is 5.69 Å². The molecule has 1 aliphatic rings. The minimum atomic E-state index is -0.670. The maximum absolute atomic E-state index is 13.9. The molecule has 0 fully saturated rings. The number of rotatable bonds is 7. The van der Waals surface area contributed by atoms with E-state index < -0.39 is 6.04 Å². The van der Waals surface area contributed by atoms with Gasteiger partial charge in [-0.3, -0.25) is 14.5 Å². The third-order valence-electron chi connectivity index (χ3n) is 6.53. The minimum absolute atomic E-state index is 0.0766. The Morgan fingerprint density at radius 3 is 2.28 bits per heavy atom. The molecule has 1 amide bonds. The SMILES string of the molecule is CCOc1ccc(C2c3c(oc4ccc(C)cc4c3=O)C(=O)N2c2ccc(CC)cc2)cc1OCC. The smallest absolute Gasteiger partial charge is 0.295 e. The molecular formula is C30H29NO5. The summed E-state index contributed by atoms with van der Waals surface area (Å²) in [6.07, 6.45) is 0.888. The van der Waals surface area contributed by atoms with Crippen molar-refractivity contribution in [1.29, 1.82) is 0 Å². The topological polar surface area (TPSA) is 69.0 Å². The lowest BCUT2D eigenvalue weighted by molar-refractivity contribution is 0.0971. The van der Waals surface area contributed by atoms with Gasteiger partial charge in [-0.25, -0.2) is 0 Å². The molecule has 3 aromatic carbocycles. The van der Waals surface area contributed by atoms with E-state index in [1.165, 1.54) is 0 Å². The van der Waals surface area contributed by atoms with Crippen molar-refractivity contribution in [2.45, 2.75) is 40.2 Å². The number of benzene rings is 3. The molecule has 2 heterocycles. The van der Waals surface area contributed by atoms with Crippen LogP contribution in [0.5, 0.6) is 11.5 Å². The second-order valence-corrected chi connectivity index (χ2v) is 8.84. The van der Waals surface area contributed by atoms with Crippen LogP contribution in [0.15, 0.2) is 69.9 Å². The molecule has 1 aliphatic heterocycles. The van der Waals surface area contributed by atoms with Crippen molar-refractivity contribution >= 4 is 22.6 Å². The fraction of sp³-hybridized carbons (Fsp3) is 0.267. The summed E-state index contributed by atoms with van der Waals surface area (Å²) in [5, 5.41) is 0.464. The molecule has 4 aromatic rings. The van der Waals surface area contributed by atoms with Gasteiger partial charge in [0.15, 0.2) is 16.9 Å². The highest BCUT2D eigenvalue weighted by atomic mass is 16.5. The molecule has 0 saturated heterocycles. The number of carbonyl (C=O) groups excluding carboxylic acids is 1. The van der Waals surface area contributed by atoms with Crippen LogP contribution in [0.25, 0.3) is 11.0 Å². The van der Waals surface area contributed by atoms with Crippen molar-refractivity contribution in [2.75, 3.05) is 18.1 Å². The third kappa shape index (κ3) is 3.92. The third-order valence-corrected chi connectivity index (χ3v) is 6.53. The van der Waals surface area contributed by atoms with Crippen molar-refractivity contribution in [2.24, 2.45) is 0 Å². The van der Waals surface area contributed by atoms with Crippen LogP contribution in [0, 0.1) is 6.92 Å². The van der Waals surface area contributed by atoms with Gasteiger partial charge in [-0.1, -0.05) is 36.8 Å². The van der Waals surface area contributed by atoms with Crippen molar-refractivity contribution in [3.05, 3.63) is 98.9 Å². The minimum Gasteiger partial charge on any atom is -0.490 e. The Hall–Kier alpha value is -4.06. The second kappa shape index (κ2) is 9.53. The molecule has 5 rings (SSSR count). The van der Waals surface area contributed by atoms with E-state index >= 15 is 0 Å². The van der Waals surface area contributed by atoms with E-state index in [-0.39, 0.29) is 17.1 Å². The fourth-order valence-corrected chi connectivity index (χ4v) is 4.80. The number of hydrogen-bond donors (Lipinski definition) is 0. The number of nitrogens with zero attached hydrogens (tertiary/aromatic N) is 1. The maximum atomic E-state index is 13.9. The zero-order valence-electron chi connectivity index (χ0n) is 21.0. The first-order chi connectivity index (χ1) is 17.5. The van der Waals surface area contributed by atoms with E-state index in [2.05, 4.69) is 6.92 Å². The zero-order valence-corrected chi connectivity index (χ0v) is 21.0. The molecule has 0 saturated carbocycles. The summed E-state index contributed by atoms with van der Waals surface area (Å²) in [5.41, 5.74) is 4.09. The summed E-state index contributed by atoms with van der Waals surface area (Å²) in [6.45, 7) is 8.78. The molecule has 1 atom stereocenters. The van der Waals surface area contributed by atoms with Crippen molar-refractivity contribution in [3.8, 4) is 11.5 Å². The Kier molecular flexibility index (Phi) is 6.27. The summed E-state index contributed by atoms with van der Waals surface area (Å²) >= 11 is 0. The largest absolute Gasteiger partial charge is 0.490 e. The predicted molar refractivity (Wildman–Crippen MR) is 140 cm³/mol. The molecule has 184 valence electrons. The molecule has 36 heavy (non-hydrogen) atoms. The normalized spacial score (nSPS) is 14.8. The number of amides is 1. The fourth-order valence-electron chi connectivity index (χ4n) is 4.80. The molecule has 0 radical (unpaired) electrons. The lowest BCUT2D eigenvalue weighted by Gasteiger charge is -2.26. The van der Waals surface area contributed by atoms with E-state index in [0.29, 0.717) is 46.9 Å². The van der Waals surface area contributed by atoms with Gasteiger partial charge in [0.05, 0.1) is 30.2 Å². The highest BCUT2D eigenvalue weighted by Crippen LogP contribution is 2.43. The number of anilines is 1. The Morgan fingerprint density at radius 2 is 1.58 bits per heavy atom. The van der Waals surface area contributed by atoms with Crippen molar-refractivity contribution in [3.63, 3.8) is 0 Å². The van der Waals surface area contributed by atoms with Crippen molar-refractivity contribution < 1.29 is 18.7 Å². The van der Waals surface area contributed by atoms with Gasteiger partial charge < -0.3 is 13.9 Å². The number of fused-ring (bicyclic) bond motifs is 2. The van der Waals surface area contributed by atoms with Gasteiger partial charge in [0, 0.05) is 5.69 Å². The zero-order chi connectivity index (χ0) is 25.4. The van der Waals surface area contributed by atoms with E-state index in [1.807, 2.05) is 75.4 Å². The Morgan fingerprint density at radius 1 is 0.861 bits per heavy atom. The van der Waals surface area contributed by atoms with Crippen LogP contribution in [0.1, 0.15) is 59.6 Å². The first kappa shape index (κ1) is 23.7. The van der Waals surface area contributed by atoms with Crippen LogP contribution in [-0.2, 0) is 6.42 Å². The summed E-state index contributed by atoms with van der Waals surface area (Å²) in [7, 11) is 0. The van der Waals surface area contributed by atoms with Gasteiger partial charge in [-0.15, -0.1) is 0 Å². The molecule has 1 unspecified atom stereocenters. The molecule has 0 aliphatic carbocycles. The summed E-state index contributed by atoms with van der Waals surface area (Å²) in [6, 6.07) is 18.2. The maximum Gasteiger partial charge on any atom is 0.295 e. The summed E-state index contributed by atoms with van der Waals surface area (Å²) < 4.78 is 17.7. The van der Waals surface area contributed by atoms with Crippen LogP contribution in [0.3, 0.4) is 0 Å². The summed E-state index contributed by atoms with van der Waals surface area (Å²) in [5.74, 6) is 0.922. The average molecular weight is 484 g/mol. The highest BCUT2D eigenvalue weighted by Gasteiger charge is 2.44. The molecule has 0 N–H and O–H groups in total.